The van der Waals surface area contributed by atoms with Gasteiger partial charge in [-0.1, -0.05) is 6.07 Å². The average molecular weight is 210 g/mol. The lowest BCUT2D eigenvalue weighted by Crippen LogP contribution is -2.09. The molecule has 3 heteroatoms. The van der Waals surface area contributed by atoms with Gasteiger partial charge in [-0.2, -0.15) is 5.26 Å². The topological polar surface area (TPSA) is 33.0 Å². The van der Waals surface area contributed by atoms with E-state index in [1.807, 2.05) is 32.0 Å². The molecule has 14 heavy (non-hydrogen) atoms. The van der Waals surface area contributed by atoms with Crippen molar-refractivity contribution in [1.29, 1.82) is 5.26 Å². The third-order valence-electron chi connectivity index (χ3n) is 1.73. The molecule has 1 unspecified atom stereocenters. The van der Waals surface area contributed by atoms with Crippen LogP contribution in [0.4, 0.5) is 0 Å². The van der Waals surface area contributed by atoms with Crippen LogP contribution in [-0.2, 0) is 0 Å². The first-order valence-electron chi connectivity index (χ1n) is 4.36. The first kappa shape index (κ1) is 10.9. The smallest absolute Gasteiger partial charge is 0.154 e. The second-order valence-corrected chi connectivity index (χ2v) is 3.76. The standard InChI is InChI=1S/C11H12ClNO/c1-8-3-9(2)5-11(4-8)14-7-10(12)6-13/h3-5,10H,7H2,1-2H3. The molecule has 0 aromatic heterocycles. The zero-order valence-corrected chi connectivity index (χ0v) is 9.01. The first-order valence-corrected chi connectivity index (χ1v) is 4.80. The summed E-state index contributed by atoms with van der Waals surface area (Å²) in [6.45, 7) is 4.23. The maximum Gasteiger partial charge on any atom is 0.154 e. The fourth-order valence-corrected chi connectivity index (χ4v) is 1.29. The fraction of sp³-hybridized carbons (Fsp3) is 0.364. The monoisotopic (exact) mass is 209 g/mol. The summed E-state index contributed by atoms with van der Waals surface area (Å²) >= 11 is 5.61. The fourth-order valence-electron chi connectivity index (χ4n) is 1.22. The number of nitrogens with zero attached hydrogens (tertiary/aromatic N) is 1. The van der Waals surface area contributed by atoms with Crippen LogP contribution in [0.1, 0.15) is 11.1 Å². The van der Waals surface area contributed by atoms with Crippen molar-refractivity contribution >= 4 is 11.6 Å². The van der Waals surface area contributed by atoms with E-state index in [1.165, 1.54) is 0 Å². The molecule has 0 N–H and O–H groups in total. The highest BCUT2D eigenvalue weighted by Crippen LogP contribution is 2.16. The van der Waals surface area contributed by atoms with E-state index in [0.29, 0.717) is 0 Å². The lowest BCUT2D eigenvalue weighted by molar-refractivity contribution is 0.328. The molecule has 74 valence electrons. The molecule has 0 fully saturated rings. The van der Waals surface area contributed by atoms with Gasteiger partial charge in [0.05, 0.1) is 6.07 Å². The van der Waals surface area contributed by atoms with E-state index in [9.17, 15) is 0 Å². The van der Waals surface area contributed by atoms with Crippen molar-refractivity contribution in [3.05, 3.63) is 29.3 Å². The summed E-state index contributed by atoms with van der Waals surface area (Å²) < 4.78 is 5.37. The van der Waals surface area contributed by atoms with Gasteiger partial charge in [-0.3, -0.25) is 0 Å². The zero-order chi connectivity index (χ0) is 10.6. The Morgan fingerprint density at radius 1 is 1.36 bits per heavy atom. The molecule has 0 saturated heterocycles. The van der Waals surface area contributed by atoms with Gasteiger partial charge in [0, 0.05) is 0 Å². The molecule has 0 radical (unpaired) electrons. The van der Waals surface area contributed by atoms with Crippen molar-refractivity contribution in [2.24, 2.45) is 0 Å². The predicted octanol–water partition coefficient (Wildman–Crippen LogP) is 2.81. The Hall–Kier alpha value is -1.20. The van der Waals surface area contributed by atoms with Gasteiger partial charge in [0.25, 0.3) is 0 Å². The van der Waals surface area contributed by atoms with E-state index < -0.39 is 5.38 Å². The third-order valence-corrected chi connectivity index (χ3v) is 1.96. The predicted molar refractivity (Wildman–Crippen MR) is 56.7 cm³/mol. The average Bonchev–Trinajstić information content (AvgIpc) is 2.12. The van der Waals surface area contributed by atoms with E-state index in [1.54, 1.807) is 0 Å². The summed E-state index contributed by atoms with van der Waals surface area (Å²) in [5.74, 6) is 0.767. The highest BCUT2D eigenvalue weighted by Gasteiger charge is 2.03. The number of halogens is 1. The minimum Gasteiger partial charge on any atom is -0.491 e. The van der Waals surface area contributed by atoms with Gasteiger partial charge in [0.1, 0.15) is 12.4 Å². The van der Waals surface area contributed by atoms with Crippen molar-refractivity contribution in [2.75, 3.05) is 6.61 Å². The first-order chi connectivity index (χ1) is 6.61. The van der Waals surface area contributed by atoms with Crippen LogP contribution in [0.5, 0.6) is 5.75 Å². The molecule has 1 aromatic rings. The Kier molecular flexibility index (Phi) is 3.79. The molecule has 0 spiro atoms. The largest absolute Gasteiger partial charge is 0.491 e. The van der Waals surface area contributed by atoms with Gasteiger partial charge < -0.3 is 4.74 Å². The SMILES string of the molecule is Cc1cc(C)cc(OCC(Cl)C#N)c1. The minimum absolute atomic E-state index is 0.223. The number of hydrogen-bond acceptors (Lipinski definition) is 2. The van der Waals surface area contributed by atoms with Gasteiger partial charge >= 0.3 is 0 Å². The Morgan fingerprint density at radius 2 is 1.93 bits per heavy atom. The molecule has 0 amide bonds. The maximum absolute atomic E-state index is 8.46. The van der Waals surface area contributed by atoms with Crippen LogP contribution in [0.25, 0.3) is 0 Å². The number of benzene rings is 1. The number of alkyl halides is 1. The van der Waals surface area contributed by atoms with E-state index >= 15 is 0 Å². The van der Waals surface area contributed by atoms with Crippen LogP contribution in [0.2, 0.25) is 0 Å². The van der Waals surface area contributed by atoms with Gasteiger partial charge in [-0.05, 0) is 37.1 Å². The molecule has 2 nitrogen and oxygen atoms in total. The van der Waals surface area contributed by atoms with Crippen LogP contribution in [0.3, 0.4) is 0 Å². The summed E-state index contributed by atoms with van der Waals surface area (Å²) in [5, 5.41) is 7.87. The molecule has 0 saturated carbocycles. The second-order valence-electron chi connectivity index (χ2n) is 3.23. The van der Waals surface area contributed by atoms with Crippen molar-refractivity contribution < 1.29 is 4.74 Å². The molecule has 0 heterocycles. The van der Waals surface area contributed by atoms with E-state index in [-0.39, 0.29) is 6.61 Å². The van der Waals surface area contributed by atoms with Crippen molar-refractivity contribution in [3.8, 4) is 11.8 Å². The van der Waals surface area contributed by atoms with E-state index in [0.717, 1.165) is 16.9 Å². The van der Waals surface area contributed by atoms with Crippen molar-refractivity contribution in [1.82, 2.24) is 0 Å². The van der Waals surface area contributed by atoms with Gasteiger partial charge in [-0.15, -0.1) is 11.6 Å². The zero-order valence-electron chi connectivity index (χ0n) is 8.25. The number of rotatable bonds is 3. The maximum atomic E-state index is 8.46. The lowest BCUT2D eigenvalue weighted by Gasteiger charge is -2.07. The summed E-state index contributed by atoms with van der Waals surface area (Å²) in [6, 6.07) is 7.82. The highest BCUT2D eigenvalue weighted by atomic mass is 35.5. The van der Waals surface area contributed by atoms with Crippen LogP contribution < -0.4 is 4.74 Å². The number of ether oxygens (including phenoxy) is 1. The van der Waals surface area contributed by atoms with Crippen LogP contribution in [0, 0.1) is 25.2 Å². The molecule has 0 aliphatic carbocycles. The molecule has 0 aliphatic rings. The quantitative estimate of drug-likeness (QED) is 0.718. The van der Waals surface area contributed by atoms with E-state index in [4.69, 9.17) is 21.6 Å². The molecule has 1 atom stereocenters. The summed E-state index contributed by atoms with van der Waals surface area (Å²) in [7, 11) is 0. The van der Waals surface area contributed by atoms with Gasteiger partial charge in [0.2, 0.25) is 0 Å². The lowest BCUT2D eigenvalue weighted by atomic mass is 10.1. The Morgan fingerprint density at radius 3 is 2.43 bits per heavy atom. The van der Waals surface area contributed by atoms with E-state index in [2.05, 4.69) is 6.07 Å². The van der Waals surface area contributed by atoms with Crippen LogP contribution in [0.15, 0.2) is 18.2 Å². The third kappa shape index (κ3) is 3.27. The Labute approximate surface area is 89.1 Å². The molecule has 1 rings (SSSR count). The van der Waals surface area contributed by atoms with Gasteiger partial charge in [0.15, 0.2) is 5.38 Å². The number of aryl methyl sites for hydroxylation is 2. The number of nitriles is 1. The molecule has 1 aromatic carbocycles. The Balaban J connectivity index is 2.64. The molecule has 0 bridgehead atoms. The summed E-state index contributed by atoms with van der Waals surface area (Å²) in [5.41, 5.74) is 2.28. The van der Waals surface area contributed by atoms with Crippen LogP contribution in [-0.4, -0.2) is 12.0 Å². The summed E-state index contributed by atoms with van der Waals surface area (Å²) in [6.07, 6.45) is 0. The summed E-state index contributed by atoms with van der Waals surface area (Å²) in [4.78, 5) is 0. The Bertz CT molecular complexity index is 337. The minimum atomic E-state index is -0.587. The number of hydrogen-bond donors (Lipinski definition) is 0. The normalized spacial score (nSPS) is 11.9. The second kappa shape index (κ2) is 4.88. The van der Waals surface area contributed by atoms with Crippen molar-refractivity contribution in [2.45, 2.75) is 19.2 Å². The van der Waals surface area contributed by atoms with Gasteiger partial charge in [-0.25, -0.2) is 0 Å². The molecule has 0 aliphatic heterocycles. The van der Waals surface area contributed by atoms with Crippen molar-refractivity contribution in [3.63, 3.8) is 0 Å². The van der Waals surface area contributed by atoms with Crippen LogP contribution >= 0.6 is 11.6 Å². The molecular formula is C11H12ClNO. The molecular weight excluding hydrogens is 198 g/mol. The highest BCUT2D eigenvalue weighted by molar-refractivity contribution is 6.22.